The molecule has 158 valence electrons. The second kappa shape index (κ2) is 10.4. The maximum absolute atomic E-state index is 13.5. The van der Waals surface area contributed by atoms with E-state index in [0.717, 1.165) is 28.6 Å². The Balaban J connectivity index is 1.48. The van der Waals surface area contributed by atoms with Crippen LogP contribution in [0, 0.1) is 12.7 Å². The molecule has 7 heteroatoms. The molecule has 0 radical (unpaired) electrons. The summed E-state index contributed by atoms with van der Waals surface area (Å²) >= 11 is 0. The van der Waals surface area contributed by atoms with Gasteiger partial charge in [-0.15, -0.1) is 0 Å². The average Bonchev–Trinajstić information content (AvgIpc) is 3.13. The topological polar surface area (TPSA) is 81.3 Å². The van der Waals surface area contributed by atoms with Gasteiger partial charge in [0.1, 0.15) is 5.82 Å². The zero-order chi connectivity index (χ0) is 21.3. The number of aromatic nitrogens is 1. The number of hydrogen-bond donors (Lipinski definition) is 4. The Morgan fingerprint density at radius 2 is 1.93 bits per heavy atom. The number of guanidine groups is 1. The summed E-state index contributed by atoms with van der Waals surface area (Å²) < 4.78 is 13.5. The molecule has 0 bridgehead atoms. The minimum Gasteiger partial charge on any atom is -0.361 e. The molecule has 3 rings (SSSR count). The summed E-state index contributed by atoms with van der Waals surface area (Å²) in [7, 11) is 0. The lowest BCUT2D eigenvalue weighted by Crippen LogP contribution is -2.41. The number of carbonyl (C=O) groups is 1. The number of halogens is 1. The van der Waals surface area contributed by atoms with Crippen LogP contribution in [-0.4, -0.2) is 43.0 Å². The number of nitrogens with zero attached hydrogens (tertiary/aromatic N) is 1. The number of nitrogens with one attached hydrogen (secondary N) is 4. The molecule has 30 heavy (non-hydrogen) atoms. The highest BCUT2D eigenvalue weighted by Gasteiger charge is 2.06. The van der Waals surface area contributed by atoms with Crippen LogP contribution in [-0.2, 0) is 6.42 Å². The molecular formula is C23H28FN5O. The van der Waals surface area contributed by atoms with Gasteiger partial charge in [-0.25, -0.2) is 4.39 Å². The number of aromatic amines is 1. The van der Waals surface area contributed by atoms with Crippen molar-refractivity contribution >= 4 is 22.8 Å². The number of amides is 1. The van der Waals surface area contributed by atoms with Crippen LogP contribution in [0.15, 0.2) is 53.7 Å². The van der Waals surface area contributed by atoms with Crippen LogP contribution in [0.2, 0.25) is 0 Å². The number of benzene rings is 2. The van der Waals surface area contributed by atoms with Gasteiger partial charge in [-0.05, 0) is 56.2 Å². The molecule has 0 aliphatic rings. The van der Waals surface area contributed by atoms with Crippen LogP contribution in [0.25, 0.3) is 10.9 Å². The normalized spacial score (nSPS) is 11.5. The first-order valence-corrected chi connectivity index (χ1v) is 10.2. The molecule has 6 nitrogen and oxygen atoms in total. The number of rotatable bonds is 8. The molecule has 0 aliphatic carbocycles. The molecule has 0 unspecified atom stereocenters. The van der Waals surface area contributed by atoms with E-state index in [1.807, 2.05) is 38.2 Å². The molecule has 2 aromatic carbocycles. The predicted molar refractivity (Wildman–Crippen MR) is 119 cm³/mol. The Hall–Kier alpha value is -3.35. The van der Waals surface area contributed by atoms with Crippen molar-refractivity contribution in [2.45, 2.75) is 20.3 Å². The fraction of sp³-hybridized carbons (Fsp3) is 0.304. The lowest BCUT2D eigenvalue weighted by atomic mass is 10.1. The predicted octanol–water partition coefficient (Wildman–Crippen LogP) is 3.14. The van der Waals surface area contributed by atoms with Crippen molar-refractivity contribution in [1.29, 1.82) is 0 Å². The van der Waals surface area contributed by atoms with E-state index in [0.29, 0.717) is 37.6 Å². The lowest BCUT2D eigenvalue weighted by molar-refractivity contribution is 0.0954. The van der Waals surface area contributed by atoms with E-state index >= 15 is 0 Å². The molecule has 0 fully saturated rings. The highest BCUT2D eigenvalue weighted by Crippen LogP contribution is 2.19. The number of aliphatic imine (C=N–C) groups is 1. The molecule has 1 heterocycles. The summed E-state index contributed by atoms with van der Waals surface area (Å²) in [6.07, 6.45) is 2.60. The maximum atomic E-state index is 13.5. The van der Waals surface area contributed by atoms with E-state index in [4.69, 9.17) is 0 Å². The highest BCUT2D eigenvalue weighted by molar-refractivity contribution is 5.94. The molecule has 0 aliphatic heterocycles. The molecule has 1 amide bonds. The fourth-order valence-electron chi connectivity index (χ4n) is 3.23. The Bertz CT molecular complexity index is 1030. The Kier molecular flexibility index (Phi) is 7.43. The van der Waals surface area contributed by atoms with Crippen LogP contribution >= 0.6 is 0 Å². The molecule has 1 aromatic heterocycles. The van der Waals surface area contributed by atoms with Gasteiger partial charge in [0.15, 0.2) is 5.96 Å². The summed E-state index contributed by atoms with van der Waals surface area (Å²) in [6, 6.07) is 12.2. The minimum atomic E-state index is -0.241. The molecule has 0 saturated carbocycles. The Morgan fingerprint density at radius 1 is 1.10 bits per heavy atom. The highest BCUT2D eigenvalue weighted by atomic mass is 19.1. The number of H-pyrrole nitrogens is 1. The number of carbonyl (C=O) groups excluding carboxylic acids is 1. The first kappa shape index (κ1) is 21.4. The fourth-order valence-corrected chi connectivity index (χ4v) is 3.23. The van der Waals surface area contributed by atoms with E-state index in [2.05, 4.69) is 25.9 Å². The van der Waals surface area contributed by atoms with Gasteiger partial charge in [0.2, 0.25) is 0 Å². The largest absolute Gasteiger partial charge is 0.361 e. The quantitative estimate of drug-likeness (QED) is 0.262. The van der Waals surface area contributed by atoms with Crippen molar-refractivity contribution in [1.82, 2.24) is 20.9 Å². The standard InChI is InChI=1S/C23H28FN5O/c1-3-25-23(28-12-11-26-22(30)17-6-4-5-16(2)13-17)27-10-9-18-15-29-21-8-7-19(24)14-20(18)21/h4-8,13-15,29H,3,9-12H2,1-2H3,(H,26,30)(H2,25,27,28). The van der Waals surface area contributed by atoms with Crippen LogP contribution in [0.4, 0.5) is 4.39 Å². The van der Waals surface area contributed by atoms with Gasteiger partial charge in [0, 0.05) is 48.8 Å². The van der Waals surface area contributed by atoms with E-state index in [1.165, 1.54) is 6.07 Å². The summed E-state index contributed by atoms with van der Waals surface area (Å²) in [5.41, 5.74) is 3.67. The van der Waals surface area contributed by atoms with Gasteiger partial charge in [0.05, 0.1) is 0 Å². The van der Waals surface area contributed by atoms with Crippen LogP contribution in [0.1, 0.15) is 28.4 Å². The number of fused-ring (bicyclic) bond motifs is 1. The SMILES string of the molecule is CCNC(=NCCc1c[nH]c2ccc(F)cc12)NCCNC(=O)c1cccc(C)c1. The first-order valence-electron chi connectivity index (χ1n) is 10.2. The van der Waals surface area contributed by atoms with E-state index < -0.39 is 0 Å². The third kappa shape index (κ3) is 5.83. The summed E-state index contributed by atoms with van der Waals surface area (Å²) in [5, 5.41) is 10.2. The van der Waals surface area contributed by atoms with E-state index in [-0.39, 0.29) is 11.7 Å². The monoisotopic (exact) mass is 409 g/mol. The molecule has 0 spiro atoms. The summed E-state index contributed by atoms with van der Waals surface area (Å²) in [4.78, 5) is 19.9. The van der Waals surface area contributed by atoms with E-state index in [1.54, 1.807) is 18.2 Å². The van der Waals surface area contributed by atoms with Gasteiger partial charge in [-0.1, -0.05) is 17.7 Å². The summed E-state index contributed by atoms with van der Waals surface area (Å²) in [5.74, 6) is 0.358. The zero-order valence-electron chi connectivity index (χ0n) is 17.4. The second-order valence-electron chi connectivity index (χ2n) is 7.07. The molecule has 0 saturated heterocycles. The maximum Gasteiger partial charge on any atom is 0.251 e. The van der Waals surface area contributed by atoms with Gasteiger partial charge >= 0.3 is 0 Å². The van der Waals surface area contributed by atoms with Crippen LogP contribution in [0.3, 0.4) is 0 Å². The number of aryl methyl sites for hydroxylation is 1. The van der Waals surface area contributed by atoms with Gasteiger partial charge < -0.3 is 20.9 Å². The minimum absolute atomic E-state index is 0.0889. The zero-order valence-corrected chi connectivity index (χ0v) is 17.4. The smallest absolute Gasteiger partial charge is 0.251 e. The van der Waals surface area contributed by atoms with Crippen LogP contribution in [0.5, 0.6) is 0 Å². The van der Waals surface area contributed by atoms with Gasteiger partial charge in [0.25, 0.3) is 5.91 Å². The molecule has 0 atom stereocenters. The Labute approximate surface area is 176 Å². The van der Waals surface area contributed by atoms with Crippen LogP contribution < -0.4 is 16.0 Å². The third-order valence-electron chi connectivity index (χ3n) is 4.71. The number of hydrogen-bond acceptors (Lipinski definition) is 2. The molecular weight excluding hydrogens is 381 g/mol. The lowest BCUT2D eigenvalue weighted by Gasteiger charge is -2.12. The van der Waals surface area contributed by atoms with Crippen molar-refractivity contribution in [3.8, 4) is 0 Å². The van der Waals surface area contributed by atoms with Crippen molar-refractivity contribution in [2.24, 2.45) is 4.99 Å². The van der Waals surface area contributed by atoms with Gasteiger partial charge in [-0.3, -0.25) is 9.79 Å². The summed E-state index contributed by atoms with van der Waals surface area (Å²) in [6.45, 7) is 6.30. The van der Waals surface area contributed by atoms with Crippen molar-refractivity contribution in [3.05, 3.63) is 71.2 Å². The Morgan fingerprint density at radius 3 is 2.73 bits per heavy atom. The van der Waals surface area contributed by atoms with Crippen molar-refractivity contribution in [3.63, 3.8) is 0 Å². The third-order valence-corrected chi connectivity index (χ3v) is 4.71. The van der Waals surface area contributed by atoms with Gasteiger partial charge in [-0.2, -0.15) is 0 Å². The van der Waals surface area contributed by atoms with Crippen molar-refractivity contribution in [2.75, 3.05) is 26.2 Å². The first-order chi connectivity index (χ1) is 14.6. The molecule has 4 N–H and O–H groups in total. The molecule has 3 aromatic rings. The van der Waals surface area contributed by atoms with E-state index in [9.17, 15) is 9.18 Å². The second-order valence-corrected chi connectivity index (χ2v) is 7.07. The van der Waals surface area contributed by atoms with Crippen molar-refractivity contribution < 1.29 is 9.18 Å². The average molecular weight is 410 g/mol.